The van der Waals surface area contributed by atoms with E-state index >= 15 is 0 Å². The number of hydrogen-bond acceptors (Lipinski definition) is 4. The van der Waals surface area contributed by atoms with Gasteiger partial charge in [0.05, 0.1) is 44.7 Å². The summed E-state index contributed by atoms with van der Waals surface area (Å²) < 4.78 is 5.66. The minimum atomic E-state index is -1.02. The maximum absolute atomic E-state index is 13.3. The van der Waals surface area contributed by atoms with Gasteiger partial charge in [-0.15, -0.1) is 0 Å². The van der Waals surface area contributed by atoms with E-state index in [9.17, 15) is 4.79 Å². The van der Waals surface area contributed by atoms with Gasteiger partial charge in [0, 0.05) is 21.2 Å². The van der Waals surface area contributed by atoms with Crippen LogP contribution in [0.15, 0.2) is 133 Å². The maximum atomic E-state index is 13.3. The molecule has 0 amide bonds. The van der Waals surface area contributed by atoms with Gasteiger partial charge in [-0.2, -0.15) is 0 Å². The monoisotopic (exact) mass is 610 g/mol. The van der Waals surface area contributed by atoms with Crippen LogP contribution in [0.2, 0.25) is 5.02 Å². The summed E-state index contributed by atoms with van der Waals surface area (Å²) in [5, 5.41) is 12.6. The molecule has 5 rings (SSSR count). The second kappa shape index (κ2) is 14.5. The molecular weight excluding hydrogens is 578 g/mol. The first-order valence-electron chi connectivity index (χ1n) is 13.8. The Kier molecular flexibility index (Phi) is 10.3. The van der Waals surface area contributed by atoms with E-state index < -0.39 is 16.1 Å². The molecule has 5 aromatic rings. The fourth-order valence-corrected chi connectivity index (χ4v) is 8.50. The van der Waals surface area contributed by atoms with Crippen LogP contribution in [-0.2, 0) is 4.74 Å². The van der Waals surface area contributed by atoms with Crippen molar-refractivity contribution in [2.45, 2.75) is 13.8 Å². The first-order valence-corrected chi connectivity index (χ1v) is 16.9. The van der Waals surface area contributed by atoms with Gasteiger partial charge in [-0.25, -0.2) is 4.79 Å². The summed E-state index contributed by atoms with van der Waals surface area (Å²) in [7, 11) is -2.05. The quantitative estimate of drug-likeness (QED) is 0.117. The molecule has 0 aliphatic heterocycles. The van der Waals surface area contributed by atoms with Gasteiger partial charge in [0.15, 0.2) is 0 Å². The van der Waals surface area contributed by atoms with Crippen molar-refractivity contribution < 1.29 is 9.53 Å². The van der Waals surface area contributed by atoms with Gasteiger partial charge in [0.2, 0.25) is 0 Å². The first kappa shape index (κ1) is 29.8. The third-order valence-corrected chi connectivity index (χ3v) is 11.0. The number of anilines is 2. The fraction of sp³-hybridized carbons (Fsp3) is 0.114. The Bertz CT molecular complexity index is 1400. The van der Waals surface area contributed by atoms with E-state index in [1.807, 2.05) is 98.8 Å². The number of rotatable bonds is 11. The van der Waals surface area contributed by atoms with E-state index in [1.165, 1.54) is 0 Å². The fourth-order valence-electron chi connectivity index (χ4n) is 4.34. The molecular formula is C35H33ClN2O2P2. The van der Waals surface area contributed by atoms with Crippen LogP contribution in [0.1, 0.15) is 24.2 Å². The Labute approximate surface area is 255 Å². The lowest BCUT2D eigenvalue weighted by atomic mass is 10.1. The lowest BCUT2D eigenvalue weighted by Crippen LogP contribution is -2.19. The second-order valence-electron chi connectivity index (χ2n) is 10.1. The molecule has 5 aromatic carbocycles. The largest absolute Gasteiger partial charge is 0.462 e. The average molecular weight is 611 g/mol. The van der Waals surface area contributed by atoms with Crippen molar-refractivity contribution in [2.75, 3.05) is 16.8 Å². The van der Waals surface area contributed by atoms with Gasteiger partial charge in [0.25, 0.3) is 0 Å². The van der Waals surface area contributed by atoms with Crippen molar-refractivity contribution in [1.82, 2.24) is 0 Å². The summed E-state index contributed by atoms with van der Waals surface area (Å²) in [6.07, 6.45) is 0. The van der Waals surface area contributed by atoms with E-state index in [2.05, 4.69) is 58.7 Å². The molecule has 2 N–H and O–H groups in total. The third kappa shape index (κ3) is 7.58. The summed E-state index contributed by atoms with van der Waals surface area (Å²) >= 11 is 7.19. The second-order valence-corrected chi connectivity index (χ2v) is 14.3. The number of esters is 1. The van der Waals surface area contributed by atoms with Gasteiger partial charge in [-0.1, -0.05) is 147 Å². The van der Waals surface area contributed by atoms with Gasteiger partial charge in [-0.05, 0) is 18.1 Å². The molecule has 7 heteroatoms. The van der Waals surface area contributed by atoms with Gasteiger partial charge in [-0.3, -0.25) is 0 Å². The molecule has 0 atom stereocenters. The molecule has 0 radical (unpaired) electrons. The highest BCUT2D eigenvalue weighted by Crippen LogP contribution is 2.44. The molecule has 0 aliphatic rings. The predicted octanol–water partition coefficient (Wildman–Crippen LogP) is 8.07. The first-order chi connectivity index (χ1) is 20.5. The smallest absolute Gasteiger partial charge is 0.338 e. The zero-order valence-corrected chi connectivity index (χ0v) is 26.1. The van der Waals surface area contributed by atoms with Crippen molar-refractivity contribution in [3.05, 3.63) is 144 Å². The Morgan fingerprint density at radius 1 is 0.643 bits per heavy atom. The van der Waals surface area contributed by atoms with Crippen molar-refractivity contribution in [1.29, 1.82) is 0 Å². The lowest BCUT2D eigenvalue weighted by Gasteiger charge is -2.25. The summed E-state index contributed by atoms with van der Waals surface area (Å²) in [5.41, 5.74) is 1.79. The van der Waals surface area contributed by atoms with Crippen molar-refractivity contribution in [3.63, 3.8) is 0 Å². The minimum absolute atomic E-state index is 0.226. The van der Waals surface area contributed by atoms with Crippen LogP contribution in [0, 0.1) is 5.92 Å². The van der Waals surface area contributed by atoms with E-state index in [1.54, 1.807) is 0 Å². The molecule has 0 bridgehead atoms. The van der Waals surface area contributed by atoms with Crippen LogP contribution in [0.3, 0.4) is 0 Å². The van der Waals surface area contributed by atoms with Gasteiger partial charge < -0.3 is 14.9 Å². The van der Waals surface area contributed by atoms with Gasteiger partial charge in [0.1, 0.15) is 0 Å². The van der Waals surface area contributed by atoms with Crippen LogP contribution in [0.4, 0.5) is 11.4 Å². The number of nitrogens with one attached hydrogen (secondary N) is 2. The van der Waals surface area contributed by atoms with Crippen molar-refractivity contribution in [2.24, 2.45) is 5.92 Å². The summed E-state index contributed by atoms with van der Waals surface area (Å²) in [6.45, 7) is 4.39. The average Bonchev–Trinajstić information content (AvgIpc) is 3.04. The van der Waals surface area contributed by atoms with E-state index in [0.29, 0.717) is 28.6 Å². The maximum Gasteiger partial charge on any atom is 0.338 e. The lowest BCUT2D eigenvalue weighted by molar-refractivity contribution is 0.0459. The minimum Gasteiger partial charge on any atom is -0.462 e. The van der Waals surface area contributed by atoms with Crippen LogP contribution in [-0.4, -0.2) is 12.6 Å². The topological polar surface area (TPSA) is 50.4 Å². The van der Waals surface area contributed by atoms with Crippen LogP contribution in [0.5, 0.6) is 0 Å². The molecule has 0 unspecified atom stereocenters. The van der Waals surface area contributed by atoms with Crippen molar-refractivity contribution in [3.8, 4) is 0 Å². The molecule has 42 heavy (non-hydrogen) atoms. The molecule has 4 nitrogen and oxygen atoms in total. The van der Waals surface area contributed by atoms with E-state index in [-0.39, 0.29) is 11.9 Å². The van der Waals surface area contributed by atoms with E-state index in [0.717, 1.165) is 21.2 Å². The summed E-state index contributed by atoms with van der Waals surface area (Å²) in [6, 6.07) is 44.9. The zero-order chi connectivity index (χ0) is 29.3. The van der Waals surface area contributed by atoms with Crippen LogP contribution in [0.25, 0.3) is 0 Å². The number of hydrogen-bond donors (Lipinski definition) is 2. The standard InChI is InChI=1S/C35H33ClN2O2P2/c1-26(2)25-40-35(39)27-23-32(37-41(28-15-7-3-8-16-28)29-17-9-4-10-18-29)34(36)33(24-27)38-42(30-19-11-5-12-20-30)31-21-13-6-14-22-31/h3-24,26,37-38H,25H2,1-2H3. The molecule has 0 aliphatic carbocycles. The Balaban J connectivity index is 1.59. The zero-order valence-electron chi connectivity index (χ0n) is 23.6. The highest BCUT2D eigenvalue weighted by atomic mass is 35.5. The molecule has 0 spiro atoms. The van der Waals surface area contributed by atoms with Crippen molar-refractivity contribution >= 4 is 66.3 Å². The number of halogens is 1. The van der Waals surface area contributed by atoms with Crippen LogP contribution < -0.4 is 31.4 Å². The summed E-state index contributed by atoms with van der Waals surface area (Å²) in [5.74, 6) is -0.150. The Morgan fingerprint density at radius 3 is 1.29 bits per heavy atom. The van der Waals surface area contributed by atoms with E-state index in [4.69, 9.17) is 16.3 Å². The number of carbonyl (C=O) groups is 1. The Morgan fingerprint density at radius 2 is 0.976 bits per heavy atom. The molecule has 0 fully saturated rings. The SMILES string of the molecule is CC(C)COC(=O)c1cc(NP(c2ccccc2)c2ccccc2)c(Cl)c(NP(c2ccccc2)c2ccccc2)c1. The van der Waals surface area contributed by atoms with Crippen LogP contribution >= 0.6 is 27.7 Å². The van der Waals surface area contributed by atoms with Gasteiger partial charge >= 0.3 is 5.97 Å². The molecule has 0 aromatic heterocycles. The summed E-state index contributed by atoms with van der Waals surface area (Å²) in [4.78, 5) is 13.3. The number of ether oxygens (including phenoxy) is 1. The number of carbonyl (C=O) groups excluding carboxylic acids is 1. The molecule has 212 valence electrons. The number of benzene rings is 5. The highest BCUT2D eigenvalue weighted by Gasteiger charge is 2.22. The normalized spacial score (nSPS) is 11.1. The Hall–Kier alpha value is -3.68. The molecule has 0 heterocycles. The predicted molar refractivity (Wildman–Crippen MR) is 182 cm³/mol. The molecule has 0 saturated carbocycles. The highest BCUT2D eigenvalue weighted by molar-refractivity contribution is 7.74. The molecule has 0 saturated heterocycles. The third-order valence-electron chi connectivity index (χ3n) is 6.38.